The van der Waals surface area contributed by atoms with E-state index in [-0.39, 0.29) is 0 Å². The molecular formula is C18H10F26N2O4. The Hall–Kier alpha value is -3.12. The maximum atomic E-state index is 13.6. The number of hydrogen-bond acceptors (Lipinski definition) is 5. The summed E-state index contributed by atoms with van der Waals surface area (Å²) in [7, 11) is 0. The number of carbonyl (C=O) groups excluding carboxylic acids is 2. The molecule has 0 heterocycles. The first-order valence-corrected chi connectivity index (χ1v) is 11.2. The average Bonchev–Trinajstić information content (AvgIpc) is 2.89. The minimum Gasteiger partial charge on any atom is -0.448 e. The summed E-state index contributed by atoms with van der Waals surface area (Å²) in [6.07, 6.45) is -27.6. The Bertz CT molecular complexity index is 1130. The van der Waals surface area contributed by atoms with E-state index in [2.05, 4.69) is 15.3 Å². The van der Waals surface area contributed by atoms with Gasteiger partial charge < -0.3 is 9.47 Å². The summed E-state index contributed by atoms with van der Waals surface area (Å²) in [5.74, 6) is -74.3. The molecule has 0 aliphatic rings. The number of nitrogens with zero attached hydrogens (tertiary/aromatic N) is 1. The van der Waals surface area contributed by atoms with E-state index in [1.54, 1.807) is 0 Å². The lowest BCUT2D eigenvalue weighted by Crippen LogP contribution is -2.70. The van der Waals surface area contributed by atoms with Crippen LogP contribution in [0.4, 0.5) is 124 Å². The largest absolute Gasteiger partial charge is 0.460 e. The Labute approximate surface area is 255 Å². The fourth-order valence-corrected chi connectivity index (χ4v) is 2.66. The summed E-state index contributed by atoms with van der Waals surface area (Å²) in [5, 5.41) is -1.38. The Morgan fingerprint density at radius 3 is 0.780 bits per heavy atom. The van der Waals surface area contributed by atoms with E-state index >= 15 is 0 Å². The van der Waals surface area contributed by atoms with Gasteiger partial charge in [0.25, 0.3) is 0 Å². The highest BCUT2D eigenvalue weighted by Crippen LogP contribution is 2.62. The molecule has 0 aromatic carbocycles. The molecule has 32 heteroatoms. The van der Waals surface area contributed by atoms with Crippen molar-refractivity contribution in [2.75, 3.05) is 13.2 Å². The monoisotopic (exact) mass is 812 g/mol. The molecule has 2 N–H and O–H groups in total. The number of amides is 2. The summed E-state index contributed by atoms with van der Waals surface area (Å²) in [4.78, 5) is 22.8. The molecule has 2 amide bonds. The van der Waals surface area contributed by atoms with Crippen molar-refractivity contribution in [2.45, 2.75) is 84.4 Å². The summed E-state index contributed by atoms with van der Waals surface area (Å²) in [6.45, 7) is -5.17. The first kappa shape index (κ1) is 46.9. The molecule has 0 spiro atoms. The zero-order valence-electron chi connectivity index (χ0n) is 22.3. The van der Waals surface area contributed by atoms with E-state index in [0.29, 0.717) is 0 Å². The lowest BCUT2D eigenvalue weighted by molar-refractivity contribution is -0.440. The first-order valence-electron chi connectivity index (χ1n) is 11.2. The van der Waals surface area contributed by atoms with Crippen molar-refractivity contribution in [3.63, 3.8) is 0 Å². The minimum atomic E-state index is -8.31. The molecule has 0 saturated heterocycles. The van der Waals surface area contributed by atoms with Gasteiger partial charge in [0.05, 0.1) is 26.1 Å². The Morgan fingerprint density at radius 1 is 0.380 bits per heavy atom. The molecule has 0 atom stereocenters. The van der Waals surface area contributed by atoms with E-state index in [1.165, 1.54) is 0 Å². The molecule has 0 aliphatic carbocycles. The Kier molecular flexibility index (Phi) is 12.3. The zero-order chi connectivity index (χ0) is 41.0. The standard InChI is InChI=1S/C18H10F26N2O4/c19-7(20,9(23,24)11(27,28)13(31,32)15(35,36)17(39,40)41)1-3-49-5(47)46(45)6(48)50-4-2-8(21,22)10(25,26)12(29,30)14(33,34)16(37,38)18(42,43)44/h1-4,45H2. The predicted molar refractivity (Wildman–Crippen MR) is 99.5 cm³/mol. The molecule has 298 valence electrons. The van der Waals surface area contributed by atoms with Crippen LogP contribution in [0.15, 0.2) is 0 Å². The van der Waals surface area contributed by atoms with Crippen molar-refractivity contribution >= 4 is 12.2 Å². The van der Waals surface area contributed by atoms with Crippen LogP contribution in [0.5, 0.6) is 0 Å². The number of hydrogen-bond donors (Lipinski definition) is 1. The number of halogens is 26. The molecule has 0 radical (unpaired) electrons. The van der Waals surface area contributed by atoms with Crippen molar-refractivity contribution in [1.82, 2.24) is 5.01 Å². The van der Waals surface area contributed by atoms with Crippen molar-refractivity contribution in [1.29, 1.82) is 0 Å². The van der Waals surface area contributed by atoms with E-state index in [1.807, 2.05) is 0 Å². The molecule has 0 aromatic rings. The van der Waals surface area contributed by atoms with Crippen molar-refractivity contribution < 1.29 is 133 Å². The van der Waals surface area contributed by atoms with Gasteiger partial charge in [0.1, 0.15) is 0 Å². The van der Waals surface area contributed by atoms with Gasteiger partial charge in [-0.05, 0) is 0 Å². The molecule has 50 heavy (non-hydrogen) atoms. The molecule has 6 nitrogen and oxygen atoms in total. The van der Waals surface area contributed by atoms with Crippen LogP contribution in [-0.2, 0) is 9.47 Å². The molecule has 0 rings (SSSR count). The molecule has 0 saturated carbocycles. The van der Waals surface area contributed by atoms with Crippen LogP contribution in [0.2, 0.25) is 0 Å². The minimum absolute atomic E-state index is 1.38. The number of hydrazine groups is 1. The van der Waals surface area contributed by atoms with Gasteiger partial charge in [0, 0.05) is 0 Å². The van der Waals surface area contributed by atoms with Crippen LogP contribution in [0, 0.1) is 0 Å². The second-order valence-corrected chi connectivity index (χ2v) is 9.10. The molecule has 0 fully saturated rings. The van der Waals surface area contributed by atoms with Gasteiger partial charge in [-0.25, -0.2) is 15.4 Å². The quantitative estimate of drug-likeness (QED) is 0.0823. The van der Waals surface area contributed by atoms with Crippen LogP contribution in [0.25, 0.3) is 0 Å². The molecule has 0 aromatic heterocycles. The van der Waals surface area contributed by atoms with Gasteiger partial charge in [-0.2, -0.15) is 114 Å². The summed E-state index contributed by atoms with van der Waals surface area (Å²) < 4.78 is 345. The van der Waals surface area contributed by atoms with E-state index in [9.17, 15) is 124 Å². The van der Waals surface area contributed by atoms with Gasteiger partial charge in [-0.3, -0.25) is 0 Å². The van der Waals surface area contributed by atoms with E-state index in [4.69, 9.17) is 0 Å². The Balaban J connectivity index is 5.65. The Morgan fingerprint density at radius 2 is 0.580 bits per heavy atom. The van der Waals surface area contributed by atoms with Crippen LogP contribution < -0.4 is 5.84 Å². The maximum Gasteiger partial charge on any atom is 0.460 e. The van der Waals surface area contributed by atoms with Crippen LogP contribution in [-0.4, -0.2) is 102 Å². The third kappa shape index (κ3) is 7.29. The maximum absolute atomic E-state index is 13.6. The third-order valence-corrected chi connectivity index (χ3v) is 5.67. The highest BCUT2D eigenvalue weighted by Gasteiger charge is 2.92. The lowest BCUT2D eigenvalue weighted by Gasteiger charge is -2.39. The smallest absolute Gasteiger partial charge is 0.448 e. The average molecular weight is 812 g/mol. The lowest BCUT2D eigenvalue weighted by atomic mass is 9.93. The number of ether oxygens (including phenoxy) is 2. The fraction of sp³-hybridized carbons (Fsp3) is 0.889. The van der Waals surface area contributed by atoms with Crippen LogP contribution >= 0.6 is 0 Å². The van der Waals surface area contributed by atoms with Gasteiger partial charge in [-0.15, -0.1) is 5.01 Å². The second-order valence-electron chi connectivity index (χ2n) is 9.10. The number of alkyl halides is 26. The third-order valence-electron chi connectivity index (χ3n) is 5.67. The summed E-state index contributed by atoms with van der Waals surface area (Å²) in [5.41, 5.74) is 0. The zero-order valence-corrected chi connectivity index (χ0v) is 22.3. The fourth-order valence-electron chi connectivity index (χ4n) is 2.66. The van der Waals surface area contributed by atoms with Crippen molar-refractivity contribution in [3.8, 4) is 0 Å². The number of nitrogens with two attached hydrogens (primary N) is 1. The van der Waals surface area contributed by atoms with Gasteiger partial charge in [-0.1, -0.05) is 0 Å². The number of carbonyl (C=O) groups is 2. The SMILES string of the molecule is NN(C(=O)OCCC(F)(F)C(F)(F)C(F)(F)C(F)(F)C(F)(F)C(F)(F)F)C(=O)OCCC(F)(F)C(F)(F)C(F)(F)C(F)(F)C(F)(F)C(F)(F)F. The van der Waals surface area contributed by atoms with E-state index < -0.39 is 115 Å². The topological polar surface area (TPSA) is 81.9 Å². The molecule has 0 bridgehead atoms. The molecule has 0 unspecified atom stereocenters. The molecular weight excluding hydrogens is 802 g/mol. The highest BCUT2D eigenvalue weighted by atomic mass is 19.4. The summed E-state index contributed by atoms with van der Waals surface area (Å²) >= 11 is 0. The van der Waals surface area contributed by atoms with E-state index in [0.717, 1.165) is 0 Å². The van der Waals surface area contributed by atoms with Gasteiger partial charge in [0.15, 0.2) is 0 Å². The van der Waals surface area contributed by atoms with Crippen molar-refractivity contribution in [3.05, 3.63) is 0 Å². The summed E-state index contributed by atoms with van der Waals surface area (Å²) in [6, 6.07) is 0. The normalized spacial score (nSPS) is 15.6. The van der Waals surface area contributed by atoms with Crippen LogP contribution in [0.1, 0.15) is 12.8 Å². The van der Waals surface area contributed by atoms with Gasteiger partial charge in [0.2, 0.25) is 0 Å². The predicted octanol–water partition coefficient (Wildman–Crippen LogP) is 8.69. The highest BCUT2D eigenvalue weighted by molar-refractivity contribution is 5.86. The second kappa shape index (κ2) is 13.1. The first-order chi connectivity index (χ1) is 21.4. The van der Waals surface area contributed by atoms with Gasteiger partial charge >= 0.3 is 83.8 Å². The van der Waals surface area contributed by atoms with Crippen molar-refractivity contribution in [2.24, 2.45) is 5.84 Å². The number of imide groups is 1. The van der Waals surface area contributed by atoms with Crippen LogP contribution in [0.3, 0.4) is 0 Å². The number of rotatable bonds is 14. The molecule has 0 aliphatic heterocycles.